The third-order valence-electron chi connectivity index (χ3n) is 10.2. The van der Waals surface area contributed by atoms with Gasteiger partial charge in [-0.15, -0.1) is 0 Å². The van der Waals surface area contributed by atoms with Crippen molar-refractivity contribution in [3.63, 3.8) is 0 Å². The van der Waals surface area contributed by atoms with E-state index in [4.69, 9.17) is 0 Å². The molecular weight excluding hydrogens is 577 g/mol. The number of fused-ring (bicyclic) bond motifs is 9. The van der Waals surface area contributed by atoms with Crippen molar-refractivity contribution < 1.29 is 0 Å². The summed E-state index contributed by atoms with van der Waals surface area (Å²) in [6, 6.07) is 67.2. The van der Waals surface area contributed by atoms with Crippen LogP contribution in [0.25, 0.3) is 98.0 Å². The minimum atomic E-state index is 1.23. The Kier molecular flexibility index (Phi) is 5.98. The molecule has 10 aromatic carbocycles. The maximum atomic E-state index is 2.46. The maximum absolute atomic E-state index is 2.46. The van der Waals surface area contributed by atoms with Gasteiger partial charge in [-0.05, 0) is 122 Å². The van der Waals surface area contributed by atoms with E-state index in [1.165, 1.54) is 98.0 Å². The molecule has 0 heterocycles. The Bertz CT molecular complexity index is 2870. The fourth-order valence-electron chi connectivity index (χ4n) is 7.99. The van der Waals surface area contributed by atoms with Gasteiger partial charge in [0.25, 0.3) is 0 Å². The minimum absolute atomic E-state index is 1.23. The van der Waals surface area contributed by atoms with Crippen LogP contribution in [0.1, 0.15) is 0 Å². The first-order valence-corrected chi connectivity index (χ1v) is 16.7. The molecule has 10 aromatic rings. The molecular formula is C48H30. The predicted octanol–water partition coefficient (Wildman–Crippen LogP) is 13.6. The van der Waals surface area contributed by atoms with Crippen molar-refractivity contribution >= 4 is 64.6 Å². The molecule has 0 unspecified atom stereocenters. The van der Waals surface area contributed by atoms with Crippen LogP contribution in [-0.4, -0.2) is 0 Å². The summed E-state index contributed by atoms with van der Waals surface area (Å²) in [5.74, 6) is 0. The summed E-state index contributed by atoms with van der Waals surface area (Å²) in [4.78, 5) is 0. The van der Waals surface area contributed by atoms with E-state index in [0.29, 0.717) is 0 Å². The highest BCUT2D eigenvalue weighted by atomic mass is 14.2. The van der Waals surface area contributed by atoms with E-state index in [1.54, 1.807) is 0 Å². The van der Waals surface area contributed by atoms with E-state index in [9.17, 15) is 0 Å². The Morgan fingerprint density at radius 3 is 1.42 bits per heavy atom. The van der Waals surface area contributed by atoms with Crippen LogP contribution in [0.5, 0.6) is 0 Å². The van der Waals surface area contributed by atoms with E-state index < -0.39 is 0 Å². The van der Waals surface area contributed by atoms with Gasteiger partial charge in [0.15, 0.2) is 0 Å². The zero-order chi connectivity index (χ0) is 31.6. The number of rotatable bonds is 3. The smallest absolute Gasteiger partial charge is 0.00923 e. The molecule has 0 aliphatic carbocycles. The highest BCUT2D eigenvalue weighted by molar-refractivity contribution is 6.26. The second-order valence-corrected chi connectivity index (χ2v) is 12.8. The molecule has 10 rings (SSSR count). The Morgan fingerprint density at radius 2 is 0.688 bits per heavy atom. The first-order valence-electron chi connectivity index (χ1n) is 16.7. The van der Waals surface area contributed by atoms with Crippen LogP contribution >= 0.6 is 0 Å². The second-order valence-electron chi connectivity index (χ2n) is 12.8. The van der Waals surface area contributed by atoms with E-state index in [-0.39, 0.29) is 0 Å². The fourth-order valence-corrected chi connectivity index (χ4v) is 7.99. The molecule has 0 nitrogen and oxygen atoms in total. The van der Waals surface area contributed by atoms with Gasteiger partial charge in [0.1, 0.15) is 0 Å². The largest absolute Gasteiger partial charge is 0.0622 e. The lowest BCUT2D eigenvalue weighted by atomic mass is 9.84. The molecule has 0 atom stereocenters. The van der Waals surface area contributed by atoms with Gasteiger partial charge in [-0.3, -0.25) is 0 Å². The summed E-state index contributed by atoms with van der Waals surface area (Å²) in [6.45, 7) is 0. The third-order valence-corrected chi connectivity index (χ3v) is 10.2. The molecule has 0 saturated heterocycles. The van der Waals surface area contributed by atoms with Gasteiger partial charge in [0, 0.05) is 0 Å². The monoisotopic (exact) mass is 606 g/mol. The first kappa shape index (κ1) is 26.9. The van der Waals surface area contributed by atoms with Crippen molar-refractivity contribution in [2.45, 2.75) is 0 Å². The Hall–Kier alpha value is -6.24. The van der Waals surface area contributed by atoms with E-state index in [0.717, 1.165) is 0 Å². The molecule has 222 valence electrons. The van der Waals surface area contributed by atoms with Gasteiger partial charge < -0.3 is 0 Å². The van der Waals surface area contributed by atoms with Crippen LogP contribution in [0.2, 0.25) is 0 Å². The highest BCUT2D eigenvalue weighted by Gasteiger charge is 2.18. The lowest BCUT2D eigenvalue weighted by Gasteiger charge is -2.19. The normalized spacial score (nSPS) is 11.8. The molecule has 0 heteroatoms. The second kappa shape index (κ2) is 10.7. The lowest BCUT2D eigenvalue weighted by Crippen LogP contribution is -1.91. The van der Waals surface area contributed by atoms with Gasteiger partial charge in [0.05, 0.1) is 0 Å². The molecule has 0 radical (unpaired) electrons. The quantitative estimate of drug-likeness (QED) is 0.176. The predicted molar refractivity (Wildman–Crippen MR) is 208 cm³/mol. The Labute approximate surface area is 279 Å². The molecule has 0 saturated carbocycles. The van der Waals surface area contributed by atoms with Gasteiger partial charge in [-0.25, -0.2) is 0 Å². The zero-order valence-electron chi connectivity index (χ0n) is 26.3. The van der Waals surface area contributed by atoms with Gasteiger partial charge in [-0.2, -0.15) is 0 Å². The van der Waals surface area contributed by atoms with Crippen molar-refractivity contribution in [1.82, 2.24) is 0 Å². The van der Waals surface area contributed by atoms with E-state index >= 15 is 0 Å². The fraction of sp³-hybridized carbons (Fsp3) is 0. The molecule has 0 N–H and O–H groups in total. The maximum Gasteiger partial charge on any atom is -0.00923 e. The molecule has 0 aliphatic heterocycles. The number of hydrogen-bond donors (Lipinski definition) is 0. The Morgan fingerprint density at radius 1 is 0.188 bits per heavy atom. The number of benzene rings is 10. The molecule has 0 amide bonds. The summed E-state index contributed by atoms with van der Waals surface area (Å²) in [5, 5.41) is 15.3. The van der Waals surface area contributed by atoms with Crippen molar-refractivity contribution in [2.24, 2.45) is 0 Å². The van der Waals surface area contributed by atoms with Gasteiger partial charge >= 0.3 is 0 Å². The summed E-state index contributed by atoms with van der Waals surface area (Å²) < 4.78 is 0. The van der Waals surface area contributed by atoms with Crippen molar-refractivity contribution in [3.8, 4) is 33.4 Å². The van der Waals surface area contributed by atoms with E-state index in [2.05, 4.69) is 182 Å². The summed E-state index contributed by atoms with van der Waals surface area (Å²) in [6.07, 6.45) is 0. The Balaban J connectivity index is 1.37. The van der Waals surface area contributed by atoms with Crippen LogP contribution in [0.15, 0.2) is 182 Å². The van der Waals surface area contributed by atoms with Crippen molar-refractivity contribution in [2.75, 3.05) is 0 Å². The highest BCUT2D eigenvalue weighted by Crippen LogP contribution is 2.45. The molecule has 0 fully saturated rings. The lowest BCUT2D eigenvalue weighted by molar-refractivity contribution is 1.64. The van der Waals surface area contributed by atoms with Gasteiger partial charge in [-0.1, -0.05) is 158 Å². The number of hydrogen-bond acceptors (Lipinski definition) is 0. The average Bonchev–Trinajstić information content (AvgIpc) is 3.17. The summed E-state index contributed by atoms with van der Waals surface area (Å²) >= 11 is 0. The van der Waals surface area contributed by atoms with Crippen LogP contribution in [0.3, 0.4) is 0 Å². The summed E-state index contributed by atoms with van der Waals surface area (Å²) in [5.41, 5.74) is 7.52. The van der Waals surface area contributed by atoms with Crippen LogP contribution in [-0.2, 0) is 0 Å². The molecule has 0 bridgehead atoms. The average molecular weight is 607 g/mol. The van der Waals surface area contributed by atoms with Crippen molar-refractivity contribution in [1.29, 1.82) is 0 Å². The van der Waals surface area contributed by atoms with Crippen molar-refractivity contribution in [3.05, 3.63) is 182 Å². The molecule has 0 aliphatic rings. The zero-order valence-corrected chi connectivity index (χ0v) is 26.3. The molecule has 0 aromatic heterocycles. The minimum Gasteiger partial charge on any atom is -0.0622 e. The van der Waals surface area contributed by atoms with E-state index in [1.807, 2.05) is 0 Å². The molecule has 48 heavy (non-hydrogen) atoms. The van der Waals surface area contributed by atoms with Crippen LogP contribution in [0, 0.1) is 0 Å². The van der Waals surface area contributed by atoms with Crippen LogP contribution in [0.4, 0.5) is 0 Å². The summed E-state index contributed by atoms with van der Waals surface area (Å²) in [7, 11) is 0. The topological polar surface area (TPSA) is 0 Å². The standard InChI is InChI=1S/C48H30/c1-2-13-31(14-3-1)33-25-26-42-43(27-33)45(38-24-12-17-32-15-4-6-18-35(32)38)29-47-41-23-11-10-22-40(41)46(30-48(42)47)44-28-34-16-5-7-19-36(34)37-20-8-9-21-39(37)44/h1-30H. The van der Waals surface area contributed by atoms with Crippen LogP contribution < -0.4 is 0 Å². The first-order chi connectivity index (χ1) is 23.8. The third kappa shape index (κ3) is 4.10. The van der Waals surface area contributed by atoms with Gasteiger partial charge in [0.2, 0.25) is 0 Å². The SMILES string of the molecule is c1ccc(-c2ccc3c(c2)c(-c2cccc4ccccc24)cc2c4ccccc4c(-c4cc5ccccc5c5ccccc45)cc32)cc1. The molecule has 0 spiro atoms.